The Balaban J connectivity index is 1.16. The molecule has 2 aromatic heterocycles. The second kappa shape index (κ2) is 10.6. The number of hydrogen-bond acceptors (Lipinski definition) is 6. The number of fused-ring (bicyclic) bond motifs is 1. The van der Waals surface area contributed by atoms with Gasteiger partial charge in [-0.25, -0.2) is 0 Å². The fraction of sp³-hybridized carbons (Fsp3) is 0.276. The molecule has 7 nitrogen and oxygen atoms in total. The minimum atomic E-state index is 0.464. The smallest absolute Gasteiger partial charge is 0.232 e. The van der Waals surface area contributed by atoms with Gasteiger partial charge in [-0.15, -0.1) is 0 Å². The van der Waals surface area contributed by atoms with Gasteiger partial charge in [0, 0.05) is 37.8 Å². The topological polar surface area (TPSA) is 69.5 Å². The third-order valence-corrected chi connectivity index (χ3v) is 7.20. The van der Waals surface area contributed by atoms with Gasteiger partial charge in [-0.1, -0.05) is 54.6 Å². The van der Waals surface area contributed by atoms with Crippen molar-refractivity contribution in [2.45, 2.75) is 32.4 Å². The van der Waals surface area contributed by atoms with E-state index in [0.717, 1.165) is 61.3 Å². The van der Waals surface area contributed by atoms with E-state index in [-0.39, 0.29) is 0 Å². The highest BCUT2D eigenvalue weighted by atomic mass is 32.1. The van der Waals surface area contributed by atoms with Crippen molar-refractivity contribution in [3.05, 3.63) is 89.7 Å². The van der Waals surface area contributed by atoms with E-state index >= 15 is 0 Å². The van der Waals surface area contributed by atoms with E-state index in [9.17, 15) is 0 Å². The molecule has 0 amide bonds. The number of benzene rings is 2. The Morgan fingerprint density at radius 3 is 2.38 bits per heavy atom. The number of thiocarbonyl (C=S) groups is 1. The molecule has 1 fully saturated rings. The minimum absolute atomic E-state index is 0.464. The van der Waals surface area contributed by atoms with Crippen LogP contribution in [0.15, 0.2) is 77.2 Å². The Morgan fingerprint density at radius 2 is 1.57 bits per heavy atom. The highest BCUT2D eigenvalue weighted by molar-refractivity contribution is 7.80. The van der Waals surface area contributed by atoms with Crippen LogP contribution in [0.5, 0.6) is 0 Å². The number of nitrogens with one attached hydrogen (secondary N) is 2. The van der Waals surface area contributed by atoms with Gasteiger partial charge in [-0.05, 0) is 54.7 Å². The molecule has 0 atom stereocenters. The van der Waals surface area contributed by atoms with Gasteiger partial charge >= 0.3 is 0 Å². The molecule has 2 aliphatic rings. The van der Waals surface area contributed by atoms with Crippen molar-refractivity contribution in [1.82, 2.24) is 15.3 Å². The highest BCUT2D eigenvalue weighted by Crippen LogP contribution is 2.28. The van der Waals surface area contributed by atoms with E-state index in [1.165, 1.54) is 24.0 Å². The van der Waals surface area contributed by atoms with Crippen LogP contribution in [-0.2, 0) is 19.5 Å². The molecule has 0 spiro atoms. The predicted molar refractivity (Wildman–Crippen MR) is 152 cm³/mol. The van der Waals surface area contributed by atoms with Crippen LogP contribution in [0, 0.1) is 0 Å². The molecule has 0 bridgehead atoms. The summed E-state index contributed by atoms with van der Waals surface area (Å²) in [5, 5.41) is 6.91. The van der Waals surface area contributed by atoms with Crippen LogP contribution in [0.3, 0.4) is 0 Å². The summed E-state index contributed by atoms with van der Waals surface area (Å²) in [6.45, 7) is 4.28. The first kappa shape index (κ1) is 23.5. The number of anilines is 3. The summed E-state index contributed by atoms with van der Waals surface area (Å²) >= 11 is 5.59. The van der Waals surface area contributed by atoms with Crippen molar-refractivity contribution in [2.24, 2.45) is 0 Å². The Labute approximate surface area is 222 Å². The fourth-order valence-corrected chi connectivity index (χ4v) is 5.15. The van der Waals surface area contributed by atoms with Crippen molar-refractivity contribution in [2.75, 3.05) is 34.8 Å². The first-order chi connectivity index (χ1) is 18.2. The molecule has 0 unspecified atom stereocenters. The summed E-state index contributed by atoms with van der Waals surface area (Å²) in [4.78, 5) is 14.4. The second-order valence-corrected chi connectivity index (χ2v) is 9.89. The van der Waals surface area contributed by atoms with Crippen molar-refractivity contribution in [1.29, 1.82) is 0 Å². The van der Waals surface area contributed by atoms with Gasteiger partial charge < -0.3 is 24.9 Å². The van der Waals surface area contributed by atoms with Crippen molar-refractivity contribution >= 4 is 34.9 Å². The molecular weight excluding hydrogens is 480 g/mol. The average Bonchev–Trinajstić information content (AvgIpc) is 3.65. The molecule has 0 radical (unpaired) electrons. The molecular formula is C29H30N6OS. The van der Waals surface area contributed by atoms with E-state index in [1.54, 1.807) is 0 Å². The maximum absolute atomic E-state index is 5.99. The number of rotatable bonds is 6. The lowest BCUT2D eigenvalue weighted by atomic mass is 10.00. The molecule has 2 aliphatic heterocycles. The molecule has 6 rings (SSSR count). The molecule has 4 aromatic rings. The van der Waals surface area contributed by atoms with Crippen LogP contribution in [0.25, 0.3) is 11.3 Å². The summed E-state index contributed by atoms with van der Waals surface area (Å²) in [6, 6.07) is 24.8. The van der Waals surface area contributed by atoms with Crippen LogP contribution >= 0.6 is 12.2 Å². The summed E-state index contributed by atoms with van der Waals surface area (Å²) in [6.07, 6.45) is 3.39. The summed E-state index contributed by atoms with van der Waals surface area (Å²) in [5.41, 5.74) is 3.83. The van der Waals surface area contributed by atoms with Crippen LogP contribution in [-0.4, -0.2) is 34.7 Å². The molecule has 37 heavy (non-hydrogen) atoms. The van der Waals surface area contributed by atoms with Gasteiger partial charge in [0.1, 0.15) is 23.2 Å². The largest absolute Gasteiger partial charge is 0.459 e. The molecule has 0 saturated carbocycles. The molecule has 2 N–H and O–H groups in total. The van der Waals surface area contributed by atoms with Gasteiger partial charge in [0.2, 0.25) is 5.95 Å². The van der Waals surface area contributed by atoms with Gasteiger partial charge in [0.25, 0.3) is 0 Å². The molecule has 8 heteroatoms. The van der Waals surface area contributed by atoms with Gasteiger partial charge in [0.15, 0.2) is 5.11 Å². The maximum Gasteiger partial charge on any atom is 0.232 e. The highest BCUT2D eigenvalue weighted by Gasteiger charge is 2.21. The Hall–Kier alpha value is -3.91. The SMILES string of the molecule is S=C(NCc1ccc(-c2ccccc2)o1)Nc1nc(N2CCCC2)cc(N2CCc3ccccc3C2)n1. The molecule has 2 aromatic carbocycles. The lowest BCUT2D eigenvalue weighted by Crippen LogP contribution is -2.33. The van der Waals surface area contributed by atoms with E-state index in [2.05, 4.69) is 50.8 Å². The Bertz CT molecular complexity index is 1380. The number of furan rings is 1. The number of hydrogen-bond donors (Lipinski definition) is 2. The quantitative estimate of drug-likeness (QED) is 0.335. The number of nitrogens with zero attached hydrogens (tertiary/aromatic N) is 4. The van der Waals surface area contributed by atoms with Crippen molar-refractivity contribution < 1.29 is 4.42 Å². The number of aromatic nitrogens is 2. The summed E-state index contributed by atoms with van der Waals surface area (Å²) in [5.74, 6) is 4.04. The zero-order chi connectivity index (χ0) is 25.0. The first-order valence-electron chi connectivity index (χ1n) is 12.9. The summed E-state index contributed by atoms with van der Waals surface area (Å²) < 4.78 is 5.99. The van der Waals surface area contributed by atoms with Crippen LogP contribution < -0.4 is 20.4 Å². The van der Waals surface area contributed by atoms with Crippen molar-refractivity contribution in [3.63, 3.8) is 0 Å². The van der Waals surface area contributed by atoms with Crippen LogP contribution in [0.4, 0.5) is 17.6 Å². The molecule has 188 valence electrons. The first-order valence-corrected chi connectivity index (χ1v) is 13.3. The molecule has 4 heterocycles. The summed E-state index contributed by atoms with van der Waals surface area (Å²) in [7, 11) is 0. The van der Waals surface area contributed by atoms with Crippen LogP contribution in [0.2, 0.25) is 0 Å². The van der Waals surface area contributed by atoms with Gasteiger partial charge in [-0.3, -0.25) is 0 Å². The monoisotopic (exact) mass is 510 g/mol. The van der Waals surface area contributed by atoms with E-state index in [0.29, 0.717) is 17.6 Å². The van der Waals surface area contributed by atoms with Gasteiger partial charge in [0.05, 0.1) is 6.54 Å². The van der Waals surface area contributed by atoms with E-state index < -0.39 is 0 Å². The lowest BCUT2D eigenvalue weighted by molar-refractivity contribution is 0.516. The maximum atomic E-state index is 5.99. The van der Waals surface area contributed by atoms with E-state index in [1.807, 2.05) is 42.5 Å². The average molecular weight is 511 g/mol. The third-order valence-electron chi connectivity index (χ3n) is 6.95. The second-order valence-electron chi connectivity index (χ2n) is 9.48. The normalized spacial score (nSPS) is 14.9. The zero-order valence-corrected chi connectivity index (χ0v) is 21.5. The predicted octanol–water partition coefficient (Wildman–Crippen LogP) is 5.39. The van der Waals surface area contributed by atoms with Gasteiger partial charge in [-0.2, -0.15) is 9.97 Å². The molecule has 0 aliphatic carbocycles. The fourth-order valence-electron chi connectivity index (χ4n) is 4.98. The van der Waals surface area contributed by atoms with Crippen LogP contribution in [0.1, 0.15) is 29.7 Å². The lowest BCUT2D eigenvalue weighted by Gasteiger charge is -2.30. The zero-order valence-electron chi connectivity index (χ0n) is 20.7. The van der Waals surface area contributed by atoms with Crippen molar-refractivity contribution in [3.8, 4) is 11.3 Å². The Kier molecular flexibility index (Phi) is 6.73. The minimum Gasteiger partial charge on any atom is -0.459 e. The van der Waals surface area contributed by atoms with E-state index in [4.69, 9.17) is 26.6 Å². The Morgan fingerprint density at radius 1 is 0.838 bits per heavy atom. The molecule has 1 saturated heterocycles. The third kappa shape index (κ3) is 5.44. The standard InChI is InChI=1S/C29H30N6OS/c37-29(30-19-24-12-13-25(36-24)22-9-2-1-3-10-22)33-28-31-26(34-15-6-7-16-34)18-27(32-28)35-17-14-21-8-4-5-11-23(21)20-35/h1-5,8-13,18H,6-7,14-17,19-20H2,(H2,30,31,32,33,37).